The molecule has 0 aromatic carbocycles. The first-order chi connectivity index (χ1) is 2.89. The molecule has 0 bridgehead atoms. The van der Waals surface area contributed by atoms with Crippen LogP contribution in [-0.2, 0) is 20.4 Å². The number of allylic oxidation sites excluding steroid dienone is 4. The summed E-state index contributed by atoms with van der Waals surface area (Å²) in [4.78, 5) is 0. The van der Waals surface area contributed by atoms with Crippen LogP contribution in [0.4, 0.5) is 0 Å². The monoisotopic (exact) mass is 266 g/mol. The van der Waals surface area contributed by atoms with Gasteiger partial charge >= 0.3 is 0 Å². The summed E-state index contributed by atoms with van der Waals surface area (Å²) in [6.45, 7) is 2.06. The van der Waals surface area contributed by atoms with E-state index in [-0.39, 0.29) is 20.4 Å². The Balaban J connectivity index is 0.000000360. The average molecular weight is 265 g/mol. The zero-order chi connectivity index (χ0) is 4.41. The fourth-order valence-electron chi connectivity index (χ4n) is 0.515. The second-order valence-corrected chi connectivity index (χ2v) is 1.47. The van der Waals surface area contributed by atoms with Crippen molar-refractivity contribution in [3.63, 3.8) is 0 Å². The minimum atomic E-state index is 0. The molecule has 0 aliphatic heterocycles. The average Bonchev–Trinajstić information content (AvgIpc) is 1.86. The first kappa shape index (κ1) is 7.14. The van der Waals surface area contributed by atoms with Crippen LogP contribution in [-0.4, -0.2) is 0 Å². The summed E-state index contributed by atoms with van der Waals surface area (Å²) in [6.07, 6.45) is 8.33. The Kier molecular flexibility index (Phi) is 3.25. The normalized spacial score (nSPS) is 15.9. The summed E-state index contributed by atoms with van der Waals surface area (Å²) in [5.74, 6) is 0. The number of rotatable bonds is 0. The zero-order valence-corrected chi connectivity index (χ0v) is 6.96. The standard InChI is InChI=1S/C6H7.Re/c1-6-4-2-3-5-6;/h2,5H,3H2,1H3;/q-1;. The number of hydrogen-bond donors (Lipinski definition) is 0. The Morgan fingerprint density at radius 1 is 1.71 bits per heavy atom. The van der Waals surface area contributed by atoms with Crippen molar-refractivity contribution >= 4 is 0 Å². The minimum Gasteiger partial charge on any atom is -0.253 e. The molecule has 0 aromatic rings. The molecule has 0 aromatic heterocycles. The minimum absolute atomic E-state index is 0. The van der Waals surface area contributed by atoms with Crippen molar-refractivity contribution in [2.45, 2.75) is 13.3 Å². The quantitative estimate of drug-likeness (QED) is 0.585. The molecule has 1 heteroatoms. The molecule has 0 N–H and O–H groups in total. The fraction of sp³-hybridized carbons (Fsp3) is 0.333. The van der Waals surface area contributed by atoms with Gasteiger partial charge in [0.15, 0.2) is 0 Å². The molecule has 0 atom stereocenters. The van der Waals surface area contributed by atoms with Gasteiger partial charge in [-0.3, -0.25) is 6.08 Å². The molecule has 0 heterocycles. The van der Waals surface area contributed by atoms with Crippen LogP contribution >= 0.6 is 0 Å². The second-order valence-electron chi connectivity index (χ2n) is 1.47. The van der Waals surface area contributed by atoms with E-state index in [2.05, 4.69) is 19.1 Å². The van der Waals surface area contributed by atoms with Crippen molar-refractivity contribution in [1.82, 2.24) is 0 Å². The third-order valence-electron chi connectivity index (χ3n) is 0.872. The maximum absolute atomic E-state index is 3.06. The van der Waals surface area contributed by atoms with Crippen LogP contribution in [0.3, 0.4) is 0 Å². The van der Waals surface area contributed by atoms with Gasteiger partial charge in [0, 0.05) is 20.4 Å². The van der Waals surface area contributed by atoms with Crippen LogP contribution in [0.2, 0.25) is 0 Å². The first-order valence-electron chi connectivity index (χ1n) is 2.14. The van der Waals surface area contributed by atoms with Crippen molar-refractivity contribution in [2.75, 3.05) is 0 Å². The Morgan fingerprint density at radius 2 is 2.43 bits per heavy atom. The van der Waals surface area contributed by atoms with Crippen molar-refractivity contribution < 1.29 is 20.4 Å². The molecule has 1 aliphatic carbocycles. The summed E-state index contributed by atoms with van der Waals surface area (Å²) in [5, 5.41) is 0. The zero-order valence-electron chi connectivity index (χ0n) is 4.24. The Bertz CT molecular complexity index is 98.0. The second kappa shape index (κ2) is 3.18. The smallest absolute Gasteiger partial charge is 0 e. The summed E-state index contributed by atoms with van der Waals surface area (Å²) < 4.78 is 0. The Morgan fingerprint density at radius 3 is 2.57 bits per heavy atom. The molecule has 39 valence electrons. The Hall–Kier alpha value is 0.142. The van der Waals surface area contributed by atoms with E-state index in [1.807, 2.05) is 6.08 Å². The Labute approximate surface area is 58.0 Å². The third-order valence-corrected chi connectivity index (χ3v) is 0.872. The van der Waals surface area contributed by atoms with Gasteiger partial charge in [0.1, 0.15) is 0 Å². The van der Waals surface area contributed by atoms with Gasteiger partial charge in [-0.05, 0) is 0 Å². The third kappa shape index (κ3) is 2.07. The van der Waals surface area contributed by atoms with Gasteiger partial charge in [-0.25, -0.2) is 11.6 Å². The summed E-state index contributed by atoms with van der Waals surface area (Å²) in [7, 11) is 0. The van der Waals surface area contributed by atoms with Crippen LogP contribution in [0.1, 0.15) is 13.3 Å². The van der Waals surface area contributed by atoms with Crippen LogP contribution in [0, 0.1) is 6.08 Å². The van der Waals surface area contributed by atoms with Gasteiger partial charge in [0.05, 0.1) is 0 Å². The molecule has 0 fully saturated rings. The first-order valence-corrected chi connectivity index (χ1v) is 2.14. The maximum Gasteiger partial charge on any atom is 0 e. The van der Waals surface area contributed by atoms with Crippen LogP contribution in [0.15, 0.2) is 17.7 Å². The van der Waals surface area contributed by atoms with E-state index >= 15 is 0 Å². The molecule has 0 saturated carbocycles. The fourth-order valence-corrected chi connectivity index (χ4v) is 0.515. The van der Waals surface area contributed by atoms with Crippen LogP contribution in [0.25, 0.3) is 0 Å². The summed E-state index contributed by atoms with van der Waals surface area (Å²) in [6, 6.07) is 0. The van der Waals surface area contributed by atoms with E-state index in [0.29, 0.717) is 0 Å². The molecule has 0 spiro atoms. The molecular formula is C6H7Re-. The van der Waals surface area contributed by atoms with Crippen LogP contribution < -0.4 is 0 Å². The van der Waals surface area contributed by atoms with Crippen molar-refractivity contribution in [1.29, 1.82) is 0 Å². The molecular weight excluding hydrogens is 258 g/mol. The van der Waals surface area contributed by atoms with Gasteiger partial charge < -0.3 is 0 Å². The van der Waals surface area contributed by atoms with Gasteiger partial charge in [-0.2, -0.15) is 6.08 Å². The van der Waals surface area contributed by atoms with Gasteiger partial charge in [-0.1, -0.05) is 6.92 Å². The molecule has 1 aliphatic rings. The molecule has 0 saturated heterocycles. The summed E-state index contributed by atoms with van der Waals surface area (Å²) in [5.41, 5.74) is 1.27. The molecule has 1 radical (unpaired) electrons. The van der Waals surface area contributed by atoms with Crippen LogP contribution in [0.5, 0.6) is 0 Å². The van der Waals surface area contributed by atoms with Crippen molar-refractivity contribution in [3.8, 4) is 0 Å². The SMILES string of the molecule is CC1=CCC=[C-]1.[Re]. The molecule has 1 rings (SSSR count). The number of hydrogen-bond acceptors (Lipinski definition) is 0. The molecule has 7 heavy (non-hydrogen) atoms. The molecule has 0 amide bonds. The van der Waals surface area contributed by atoms with E-state index < -0.39 is 0 Å². The van der Waals surface area contributed by atoms with Gasteiger partial charge in [-0.15, -0.1) is 6.42 Å². The maximum atomic E-state index is 3.06. The van der Waals surface area contributed by atoms with E-state index in [1.165, 1.54) is 5.57 Å². The van der Waals surface area contributed by atoms with E-state index in [1.54, 1.807) is 0 Å². The van der Waals surface area contributed by atoms with Crippen molar-refractivity contribution in [3.05, 3.63) is 23.8 Å². The molecule has 0 unspecified atom stereocenters. The van der Waals surface area contributed by atoms with Crippen molar-refractivity contribution in [2.24, 2.45) is 0 Å². The predicted octanol–water partition coefficient (Wildman–Crippen LogP) is 1.69. The van der Waals surface area contributed by atoms with E-state index in [9.17, 15) is 0 Å². The summed E-state index contributed by atoms with van der Waals surface area (Å²) >= 11 is 0. The van der Waals surface area contributed by atoms with E-state index in [4.69, 9.17) is 0 Å². The van der Waals surface area contributed by atoms with E-state index in [0.717, 1.165) is 6.42 Å². The van der Waals surface area contributed by atoms with Gasteiger partial charge in [0.2, 0.25) is 0 Å². The van der Waals surface area contributed by atoms with Gasteiger partial charge in [0.25, 0.3) is 0 Å². The largest absolute Gasteiger partial charge is 0.253 e. The topological polar surface area (TPSA) is 0 Å². The molecule has 0 nitrogen and oxygen atoms in total. The predicted molar refractivity (Wildman–Crippen MR) is 26.2 cm³/mol.